The fraction of sp³-hybridized carbons (Fsp3) is 0.263. The van der Waals surface area contributed by atoms with Crippen LogP contribution in [-0.4, -0.2) is 49.4 Å². The second kappa shape index (κ2) is 7.16. The molecule has 146 valence electrons. The number of hydrogen-bond donors (Lipinski definition) is 1. The molecule has 1 N–H and O–H groups in total. The van der Waals surface area contributed by atoms with E-state index in [2.05, 4.69) is 10.3 Å². The molecule has 1 atom stereocenters. The van der Waals surface area contributed by atoms with E-state index in [1.54, 1.807) is 30.3 Å². The number of sulfone groups is 1. The first-order valence-corrected chi connectivity index (χ1v) is 10.6. The summed E-state index contributed by atoms with van der Waals surface area (Å²) in [6.45, 7) is 0.404. The lowest BCUT2D eigenvalue weighted by atomic mass is 10.2. The molecule has 1 amide bonds. The summed E-state index contributed by atoms with van der Waals surface area (Å²) < 4.78 is 37.0. The average molecular weight is 401 g/mol. The summed E-state index contributed by atoms with van der Waals surface area (Å²) in [6, 6.07) is 14.3. The van der Waals surface area contributed by atoms with Crippen LogP contribution in [0.1, 0.15) is 0 Å². The van der Waals surface area contributed by atoms with Gasteiger partial charge in [0.05, 0.1) is 17.6 Å². The van der Waals surface area contributed by atoms with E-state index in [0.29, 0.717) is 29.1 Å². The largest absolute Gasteiger partial charge is 0.486 e. The van der Waals surface area contributed by atoms with Gasteiger partial charge in [-0.25, -0.2) is 13.4 Å². The van der Waals surface area contributed by atoms with Gasteiger partial charge in [-0.15, -0.1) is 0 Å². The van der Waals surface area contributed by atoms with Crippen molar-refractivity contribution in [2.24, 2.45) is 0 Å². The van der Waals surface area contributed by atoms with Gasteiger partial charge in [-0.05, 0) is 24.3 Å². The maximum atomic E-state index is 12.5. The first-order valence-electron chi connectivity index (χ1n) is 8.72. The lowest BCUT2D eigenvalue weighted by Gasteiger charge is -2.26. The molecule has 1 aliphatic rings. The van der Waals surface area contributed by atoms with Crippen LogP contribution < -0.4 is 14.8 Å². The number of amides is 1. The zero-order valence-electron chi connectivity index (χ0n) is 15.2. The minimum atomic E-state index is -3.58. The molecular weight excluding hydrogens is 382 g/mol. The van der Waals surface area contributed by atoms with E-state index in [9.17, 15) is 13.2 Å². The first kappa shape index (κ1) is 18.3. The van der Waals surface area contributed by atoms with Crippen molar-refractivity contribution in [2.75, 3.05) is 19.4 Å². The molecular formula is C19H19N3O5S. The van der Waals surface area contributed by atoms with Gasteiger partial charge in [0.15, 0.2) is 11.5 Å². The monoisotopic (exact) mass is 401 g/mol. The fourth-order valence-corrected chi connectivity index (χ4v) is 3.91. The molecule has 8 nitrogen and oxygen atoms in total. The van der Waals surface area contributed by atoms with Gasteiger partial charge in [0, 0.05) is 6.26 Å². The summed E-state index contributed by atoms with van der Waals surface area (Å²) in [6.07, 6.45) is 0.751. The van der Waals surface area contributed by atoms with Gasteiger partial charge in [0.2, 0.25) is 20.9 Å². The van der Waals surface area contributed by atoms with Crippen LogP contribution in [0.3, 0.4) is 0 Å². The Morgan fingerprint density at radius 3 is 2.68 bits per heavy atom. The van der Waals surface area contributed by atoms with E-state index in [4.69, 9.17) is 9.47 Å². The fourth-order valence-electron chi connectivity index (χ4n) is 3.08. The summed E-state index contributed by atoms with van der Waals surface area (Å²) in [7, 11) is -3.58. The molecule has 4 rings (SSSR count). The van der Waals surface area contributed by atoms with Crippen LogP contribution in [0, 0.1) is 0 Å². The molecule has 0 saturated carbocycles. The lowest BCUT2D eigenvalue weighted by molar-refractivity contribution is -0.122. The Morgan fingerprint density at radius 1 is 1.18 bits per heavy atom. The summed E-state index contributed by atoms with van der Waals surface area (Å²) in [5, 5.41) is 2.65. The minimum absolute atomic E-state index is 0.130. The normalized spacial score (nSPS) is 16.1. The quantitative estimate of drug-likeness (QED) is 0.694. The number of nitrogens with one attached hydrogen (secondary N) is 1. The highest BCUT2D eigenvalue weighted by Gasteiger charge is 2.23. The first-order chi connectivity index (χ1) is 13.4. The number of fused-ring (bicyclic) bond motifs is 2. The van der Waals surface area contributed by atoms with Gasteiger partial charge in [-0.1, -0.05) is 24.3 Å². The molecule has 28 heavy (non-hydrogen) atoms. The molecule has 2 aromatic carbocycles. The Morgan fingerprint density at radius 2 is 1.89 bits per heavy atom. The number of rotatable bonds is 5. The van der Waals surface area contributed by atoms with Gasteiger partial charge >= 0.3 is 0 Å². The van der Waals surface area contributed by atoms with Gasteiger partial charge in [0.25, 0.3) is 0 Å². The SMILES string of the molecule is CS(=O)(=O)c1nc2ccccc2n1CC(=O)NCC1COc2ccccc2O1. The van der Waals surface area contributed by atoms with Crippen LogP contribution >= 0.6 is 0 Å². The van der Waals surface area contributed by atoms with Crippen molar-refractivity contribution in [3.05, 3.63) is 48.5 Å². The standard InChI is InChI=1S/C19H19N3O5S/c1-28(24,25)19-21-14-6-2-3-7-15(14)22(19)11-18(23)20-10-13-12-26-16-8-4-5-9-17(16)27-13/h2-9,13H,10-12H2,1H3,(H,20,23). The molecule has 0 fully saturated rings. The molecule has 1 aromatic heterocycles. The van der Waals surface area contributed by atoms with E-state index >= 15 is 0 Å². The third-order valence-corrected chi connectivity index (χ3v) is 5.32. The number of ether oxygens (including phenoxy) is 2. The predicted molar refractivity (Wildman–Crippen MR) is 102 cm³/mol. The third kappa shape index (κ3) is 3.65. The average Bonchev–Trinajstić information content (AvgIpc) is 3.05. The molecule has 0 saturated heterocycles. The zero-order valence-corrected chi connectivity index (χ0v) is 16.0. The van der Waals surface area contributed by atoms with Gasteiger partial charge in [-0.2, -0.15) is 0 Å². The Labute approximate surface area is 162 Å². The Balaban J connectivity index is 1.46. The lowest BCUT2D eigenvalue weighted by Crippen LogP contribution is -2.41. The maximum Gasteiger partial charge on any atom is 0.240 e. The zero-order chi connectivity index (χ0) is 19.7. The second-order valence-corrected chi connectivity index (χ2v) is 8.45. The highest BCUT2D eigenvalue weighted by atomic mass is 32.2. The van der Waals surface area contributed by atoms with E-state index in [0.717, 1.165) is 6.26 Å². The van der Waals surface area contributed by atoms with Crippen molar-refractivity contribution in [1.29, 1.82) is 0 Å². The molecule has 9 heteroatoms. The molecule has 0 aliphatic carbocycles. The second-order valence-electron chi connectivity index (χ2n) is 6.54. The van der Waals surface area contributed by atoms with Crippen LogP contribution in [0.15, 0.2) is 53.7 Å². The molecule has 3 aromatic rings. The Bertz CT molecular complexity index is 1140. The van der Waals surface area contributed by atoms with E-state index in [1.807, 2.05) is 18.2 Å². The van der Waals surface area contributed by atoms with Gasteiger partial charge < -0.3 is 19.4 Å². The van der Waals surface area contributed by atoms with Gasteiger partial charge in [-0.3, -0.25) is 4.79 Å². The number of nitrogens with zero attached hydrogens (tertiary/aromatic N) is 2. The number of carbonyl (C=O) groups is 1. The molecule has 1 aliphatic heterocycles. The Kier molecular flexibility index (Phi) is 4.68. The number of benzene rings is 2. The number of carbonyl (C=O) groups excluding carboxylic acids is 1. The number of imidazole rings is 1. The highest BCUT2D eigenvalue weighted by Crippen LogP contribution is 2.30. The minimum Gasteiger partial charge on any atom is -0.486 e. The van der Waals surface area contributed by atoms with Crippen molar-refractivity contribution >= 4 is 26.8 Å². The smallest absolute Gasteiger partial charge is 0.240 e. The topological polar surface area (TPSA) is 99.5 Å². The molecule has 2 heterocycles. The van der Waals surface area contributed by atoms with Crippen LogP contribution in [0.4, 0.5) is 0 Å². The number of aromatic nitrogens is 2. The maximum absolute atomic E-state index is 12.5. The molecule has 1 unspecified atom stereocenters. The van der Waals surface area contributed by atoms with Crippen LogP contribution in [0.25, 0.3) is 11.0 Å². The van der Waals surface area contributed by atoms with Crippen molar-refractivity contribution in [2.45, 2.75) is 17.8 Å². The van der Waals surface area contributed by atoms with Crippen molar-refractivity contribution in [3.8, 4) is 11.5 Å². The third-order valence-electron chi connectivity index (χ3n) is 4.35. The van der Waals surface area contributed by atoms with Crippen molar-refractivity contribution < 1.29 is 22.7 Å². The van der Waals surface area contributed by atoms with Crippen molar-refractivity contribution in [3.63, 3.8) is 0 Å². The number of hydrogen-bond acceptors (Lipinski definition) is 6. The van der Waals surface area contributed by atoms with Crippen molar-refractivity contribution in [1.82, 2.24) is 14.9 Å². The van der Waals surface area contributed by atoms with Gasteiger partial charge in [0.1, 0.15) is 19.3 Å². The molecule has 0 bridgehead atoms. The summed E-state index contributed by atoms with van der Waals surface area (Å²) in [5.74, 6) is 0.969. The number of para-hydroxylation sites is 4. The molecule has 0 spiro atoms. The van der Waals surface area contributed by atoms with E-state index < -0.39 is 9.84 Å². The summed E-state index contributed by atoms with van der Waals surface area (Å²) >= 11 is 0. The van der Waals surface area contributed by atoms with Crippen LogP contribution in [-0.2, 0) is 21.2 Å². The van der Waals surface area contributed by atoms with E-state index in [-0.39, 0.29) is 30.3 Å². The van der Waals surface area contributed by atoms with Crippen LogP contribution in [0.2, 0.25) is 0 Å². The summed E-state index contributed by atoms with van der Waals surface area (Å²) in [4.78, 5) is 16.6. The molecule has 0 radical (unpaired) electrons. The predicted octanol–water partition coefficient (Wildman–Crippen LogP) is 1.40. The van der Waals surface area contributed by atoms with Crippen LogP contribution in [0.5, 0.6) is 11.5 Å². The highest BCUT2D eigenvalue weighted by molar-refractivity contribution is 7.90. The summed E-state index contributed by atoms with van der Waals surface area (Å²) in [5.41, 5.74) is 1.11. The Hall–Kier alpha value is -3.07. The van der Waals surface area contributed by atoms with E-state index in [1.165, 1.54) is 4.57 Å².